The third kappa shape index (κ3) is 2.37. The van der Waals surface area contributed by atoms with Crippen molar-refractivity contribution in [2.24, 2.45) is 0 Å². The molecule has 1 aliphatic heterocycles. The van der Waals surface area contributed by atoms with Gasteiger partial charge in [0.05, 0.1) is 11.1 Å². The third-order valence-electron chi connectivity index (χ3n) is 3.64. The number of ether oxygens (including phenoxy) is 1. The lowest BCUT2D eigenvalue weighted by Gasteiger charge is -2.28. The number of halogens is 1. The van der Waals surface area contributed by atoms with Crippen molar-refractivity contribution < 1.29 is 4.74 Å². The Kier molecular flexibility index (Phi) is 3.76. The lowest BCUT2D eigenvalue weighted by Crippen LogP contribution is -2.27. The molecule has 1 atom stereocenters. The van der Waals surface area contributed by atoms with Crippen molar-refractivity contribution in [1.29, 1.82) is 0 Å². The van der Waals surface area contributed by atoms with Crippen LogP contribution in [0.1, 0.15) is 31.4 Å². The minimum absolute atomic E-state index is 0.407. The van der Waals surface area contributed by atoms with Gasteiger partial charge in [-0.2, -0.15) is 0 Å². The summed E-state index contributed by atoms with van der Waals surface area (Å²) in [5, 5.41) is 6.10. The average molecular weight is 320 g/mol. The van der Waals surface area contributed by atoms with Gasteiger partial charge >= 0.3 is 0 Å². The van der Waals surface area contributed by atoms with Crippen LogP contribution in [0.15, 0.2) is 34.8 Å². The van der Waals surface area contributed by atoms with Crippen LogP contribution in [0.5, 0.6) is 5.75 Å². The Morgan fingerprint density at radius 2 is 2.21 bits per heavy atom. The number of fused-ring (bicyclic) bond motifs is 2. The molecule has 0 spiro atoms. The Bertz CT molecular complexity index is 597. The van der Waals surface area contributed by atoms with Gasteiger partial charge in [-0.25, -0.2) is 0 Å². The zero-order valence-electron chi connectivity index (χ0n) is 11.1. The van der Waals surface area contributed by atoms with Gasteiger partial charge < -0.3 is 10.1 Å². The fourth-order valence-corrected chi connectivity index (χ4v) is 3.38. The van der Waals surface area contributed by atoms with Crippen molar-refractivity contribution in [3.05, 3.63) is 40.4 Å². The lowest BCUT2D eigenvalue weighted by molar-refractivity contribution is 0.252. The molecular weight excluding hydrogens is 302 g/mol. The van der Waals surface area contributed by atoms with E-state index < -0.39 is 0 Å². The van der Waals surface area contributed by atoms with E-state index in [1.54, 1.807) is 0 Å². The molecule has 1 N–H and O–H groups in total. The summed E-state index contributed by atoms with van der Waals surface area (Å²) >= 11 is 3.71. The number of benzene rings is 2. The smallest absolute Gasteiger partial charge is 0.138 e. The SMILES string of the molecule is CCCNC1CCOc2c1cc1ccccc1c2Br. The number of hydrogen-bond acceptors (Lipinski definition) is 2. The van der Waals surface area contributed by atoms with Gasteiger partial charge in [0, 0.05) is 18.0 Å². The first kappa shape index (κ1) is 12.9. The Labute approximate surface area is 122 Å². The second-order valence-electron chi connectivity index (χ2n) is 4.97. The van der Waals surface area contributed by atoms with Crippen molar-refractivity contribution in [2.45, 2.75) is 25.8 Å². The molecule has 0 bridgehead atoms. The van der Waals surface area contributed by atoms with Crippen molar-refractivity contribution >= 4 is 26.7 Å². The highest BCUT2D eigenvalue weighted by molar-refractivity contribution is 9.10. The molecule has 0 fully saturated rings. The van der Waals surface area contributed by atoms with E-state index in [0.29, 0.717) is 6.04 Å². The van der Waals surface area contributed by atoms with E-state index in [4.69, 9.17) is 4.74 Å². The van der Waals surface area contributed by atoms with E-state index in [1.807, 2.05) is 0 Å². The lowest BCUT2D eigenvalue weighted by atomic mass is 9.96. The standard InChI is InChI=1S/C16H18BrNO/c1-2-8-18-14-7-9-19-16-13(14)10-11-5-3-4-6-12(11)15(16)17/h3-6,10,14,18H,2,7-9H2,1H3. The molecule has 2 nitrogen and oxygen atoms in total. The van der Waals surface area contributed by atoms with Crippen molar-refractivity contribution in [3.63, 3.8) is 0 Å². The van der Waals surface area contributed by atoms with Gasteiger partial charge in [0.25, 0.3) is 0 Å². The molecule has 0 amide bonds. The molecule has 0 radical (unpaired) electrons. The molecule has 100 valence electrons. The Balaban J connectivity index is 2.10. The van der Waals surface area contributed by atoms with Crippen LogP contribution in [0.3, 0.4) is 0 Å². The van der Waals surface area contributed by atoms with Crippen molar-refractivity contribution in [2.75, 3.05) is 13.2 Å². The summed E-state index contributed by atoms with van der Waals surface area (Å²) in [4.78, 5) is 0. The predicted octanol–water partition coefficient (Wildman–Crippen LogP) is 4.43. The molecule has 1 unspecified atom stereocenters. The highest BCUT2D eigenvalue weighted by Crippen LogP contribution is 2.42. The first-order valence-electron chi connectivity index (χ1n) is 6.88. The molecule has 3 heteroatoms. The highest BCUT2D eigenvalue weighted by Gasteiger charge is 2.24. The fraction of sp³-hybridized carbons (Fsp3) is 0.375. The van der Waals surface area contributed by atoms with Gasteiger partial charge in [-0.05, 0) is 45.7 Å². The number of nitrogens with one attached hydrogen (secondary N) is 1. The van der Waals surface area contributed by atoms with Gasteiger partial charge in [0.1, 0.15) is 5.75 Å². The van der Waals surface area contributed by atoms with Crippen LogP contribution in [0.25, 0.3) is 10.8 Å². The van der Waals surface area contributed by atoms with Crippen LogP contribution in [-0.2, 0) is 0 Å². The topological polar surface area (TPSA) is 21.3 Å². The molecule has 1 aliphatic rings. The number of hydrogen-bond donors (Lipinski definition) is 1. The van der Waals surface area contributed by atoms with Gasteiger partial charge in [0.2, 0.25) is 0 Å². The summed E-state index contributed by atoms with van der Waals surface area (Å²) < 4.78 is 6.97. The highest BCUT2D eigenvalue weighted by atomic mass is 79.9. The first-order chi connectivity index (χ1) is 9.31. The molecule has 0 saturated carbocycles. The number of rotatable bonds is 3. The van der Waals surface area contributed by atoms with E-state index in [1.165, 1.54) is 16.3 Å². The summed E-state index contributed by atoms with van der Waals surface area (Å²) in [6.07, 6.45) is 2.19. The van der Waals surface area contributed by atoms with Crippen LogP contribution >= 0.6 is 15.9 Å². The Morgan fingerprint density at radius 3 is 3.05 bits per heavy atom. The Hall–Kier alpha value is -1.06. The molecule has 0 aromatic heterocycles. The summed E-state index contributed by atoms with van der Waals surface area (Å²) in [6.45, 7) is 4.03. The summed E-state index contributed by atoms with van der Waals surface area (Å²) in [5.74, 6) is 1.01. The van der Waals surface area contributed by atoms with E-state index in [0.717, 1.165) is 36.2 Å². The summed E-state index contributed by atoms with van der Waals surface area (Å²) in [6, 6.07) is 11.1. The fourth-order valence-electron chi connectivity index (χ4n) is 2.68. The third-order valence-corrected chi connectivity index (χ3v) is 4.43. The van der Waals surface area contributed by atoms with Gasteiger partial charge in [-0.3, -0.25) is 0 Å². The monoisotopic (exact) mass is 319 g/mol. The van der Waals surface area contributed by atoms with E-state index in [2.05, 4.69) is 58.5 Å². The maximum absolute atomic E-state index is 5.89. The minimum atomic E-state index is 0.407. The minimum Gasteiger partial charge on any atom is -0.492 e. The van der Waals surface area contributed by atoms with Gasteiger partial charge in [0.15, 0.2) is 0 Å². The Morgan fingerprint density at radius 1 is 1.37 bits per heavy atom. The quantitative estimate of drug-likeness (QED) is 0.903. The molecule has 0 saturated heterocycles. The second kappa shape index (κ2) is 5.51. The zero-order valence-corrected chi connectivity index (χ0v) is 12.7. The maximum atomic E-state index is 5.89. The predicted molar refractivity (Wildman–Crippen MR) is 82.8 cm³/mol. The molecule has 0 aliphatic carbocycles. The molecule has 3 rings (SSSR count). The normalized spacial score (nSPS) is 18.1. The molecule has 2 aromatic rings. The van der Waals surface area contributed by atoms with E-state index in [-0.39, 0.29) is 0 Å². The van der Waals surface area contributed by atoms with Crippen LogP contribution in [0, 0.1) is 0 Å². The molecule has 2 aromatic carbocycles. The van der Waals surface area contributed by atoms with Crippen molar-refractivity contribution in [1.82, 2.24) is 5.32 Å². The zero-order chi connectivity index (χ0) is 13.2. The van der Waals surface area contributed by atoms with Crippen molar-refractivity contribution in [3.8, 4) is 5.75 Å². The average Bonchev–Trinajstić information content (AvgIpc) is 2.46. The second-order valence-corrected chi connectivity index (χ2v) is 5.77. The van der Waals surface area contributed by atoms with E-state index in [9.17, 15) is 0 Å². The maximum Gasteiger partial charge on any atom is 0.138 e. The summed E-state index contributed by atoms with van der Waals surface area (Å²) in [5.41, 5.74) is 1.28. The molecule has 1 heterocycles. The van der Waals surface area contributed by atoms with Crippen LogP contribution < -0.4 is 10.1 Å². The van der Waals surface area contributed by atoms with Crippen LogP contribution in [0.2, 0.25) is 0 Å². The van der Waals surface area contributed by atoms with Gasteiger partial charge in [-0.1, -0.05) is 31.2 Å². The largest absolute Gasteiger partial charge is 0.492 e. The van der Waals surface area contributed by atoms with Crippen LogP contribution in [0.4, 0.5) is 0 Å². The van der Waals surface area contributed by atoms with Crippen LogP contribution in [-0.4, -0.2) is 13.2 Å². The summed E-state index contributed by atoms with van der Waals surface area (Å²) in [7, 11) is 0. The van der Waals surface area contributed by atoms with Gasteiger partial charge in [-0.15, -0.1) is 0 Å². The van der Waals surface area contributed by atoms with E-state index >= 15 is 0 Å². The molecule has 19 heavy (non-hydrogen) atoms. The molecular formula is C16H18BrNO. The first-order valence-corrected chi connectivity index (χ1v) is 7.68.